The van der Waals surface area contributed by atoms with Crippen molar-refractivity contribution >= 4 is 23.7 Å². The van der Waals surface area contributed by atoms with Crippen LogP contribution in [0.3, 0.4) is 0 Å². The normalized spacial score (nSPS) is 27.2. The van der Waals surface area contributed by atoms with E-state index >= 15 is 0 Å². The molecule has 9 heteroatoms. The van der Waals surface area contributed by atoms with Crippen LogP contribution in [0, 0.1) is 39.2 Å². The summed E-state index contributed by atoms with van der Waals surface area (Å²) in [7, 11) is 1.51. The predicted octanol–water partition coefficient (Wildman–Crippen LogP) is 3.71. The van der Waals surface area contributed by atoms with E-state index in [1.54, 1.807) is 30.3 Å². The number of ether oxygens (including phenoxy) is 2. The van der Waals surface area contributed by atoms with E-state index in [9.17, 15) is 19.7 Å². The van der Waals surface area contributed by atoms with Crippen LogP contribution in [-0.4, -0.2) is 35.1 Å². The van der Waals surface area contributed by atoms with Gasteiger partial charge in [0.15, 0.2) is 11.5 Å². The molecule has 1 heterocycles. The summed E-state index contributed by atoms with van der Waals surface area (Å²) in [6.45, 7) is 0.208. The topological polar surface area (TPSA) is 111 Å². The number of fused-ring (bicyclic) bond motifs is 3. The molecule has 6 rings (SSSR count). The van der Waals surface area contributed by atoms with Crippen LogP contribution in [-0.2, 0) is 16.2 Å². The van der Waals surface area contributed by atoms with Gasteiger partial charge in [-0.25, -0.2) is 0 Å². The Morgan fingerprint density at radius 2 is 1.71 bits per heavy atom. The molecule has 178 valence electrons. The first-order valence-corrected chi connectivity index (χ1v) is 11.6. The van der Waals surface area contributed by atoms with Crippen LogP contribution in [0.25, 0.3) is 0 Å². The van der Waals surface area contributed by atoms with E-state index in [-0.39, 0.29) is 53.2 Å². The van der Waals surface area contributed by atoms with Crippen molar-refractivity contribution in [3.63, 3.8) is 0 Å². The summed E-state index contributed by atoms with van der Waals surface area (Å²) < 4.78 is 11.3. The van der Waals surface area contributed by atoms with Gasteiger partial charge in [0.05, 0.1) is 30.1 Å². The number of hydrogen-bond acceptors (Lipinski definition) is 7. The van der Waals surface area contributed by atoms with E-state index in [0.717, 1.165) is 23.4 Å². The lowest BCUT2D eigenvalue weighted by atomic mass is 9.85. The number of non-ortho nitro benzene ring substituents is 1. The van der Waals surface area contributed by atoms with Crippen molar-refractivity contribution in [1.29, 1.82) is 0 Å². The number of carbonyl (C=O) groups is 2. The van der Waals surface area contributed by atoms with E-state index in [4.69, 9.17) is 9.47 Å². The largest absolute Gasteiger partial charge is 0.493 e. The first-order chi connectivity index (χ1) is 16.9. The molecule has 4 aliphatic rings. The Morgan fingerprint density at radius 1 is 1.06 bits per heavy atom. The zero-order chi connectivity index (χ0) is 24.3. The number of rotatable bonds is 7. The van der Waals surface area contributed by atoms with Gasteiger partial charge in [0, 0.05) is 12.1 Å². The molecule has 2 bridgehead atoms. The predicted molar refractivity (Wildman–Crippen MR) is 125 cm³/mol. The minimum Gasteiger partial charge on any atom is -0.493 e. The zero-order valence-electron chi connectivity index (χ0n) is 19.0. The fourth-order valence-electron chi connectivity index (χ4n) is 6.06. The second-order valence-corrected chi connectivity index (χ2v) is 9.58. The number of nitro groups is 1. The molecule has 0 radical (unpaired) electrons. The Balaban J connectivity index is 1.14. The van der Waals surface area contributed by atoms with Crippen LogP contribution in [0.4, 0.5) is 5.69 Å². The maximum absolute atomic E-state index is 13.1. The number of hydrazone groups is 1. The minimum atomic E-state index is -0.450. The van der Waals surface area contributed by atoms with Gasteiger partial charge in [0.1, 0.15) is 6.61 Å². The average molecular weight is 473 g/mol. The van der Waals surface area contributed by atoms with E-state index in [1.807, 2.05) is 0 Å². The van der Waals surface area contributed by atoms with Gasteiger partial charge in [-0.05, 0) is 71.6 Å². The summed E-state index contributed by atoms with van der Waals surface area (Å²) in [5.41, 5.74) is 1.61. The molecule has 0 N–H and O–H groups in total. The van der Waals surface area contributed by atoms with Crippen molar-refractivity contribution in [3.8, 4) is 11.5 Å². The lowest BCUT2D eigenvalue weighted by Crippen LogP contribution is -2.30. The van der Waals surface area contributed by atoms with Gasteiger partial charge in [-0.3, -0.25) is 19.7 Å². The quantitative estimate of drug-likeness (QED) is 0.199. The van der Waals surface area contributed by atoms with Crippen LogP contribution in [0.2, 0.25) is 0 Å². The third-order valence-electron chi connectivity index (χ3n) is 7.88. The first-order valence-electron chi connectivity index (χ1n) is 11.6. The van der Waals surface area contributed by atoms with Gasteiger partial charge >= 0.3 is 0 Å². The van der Waals surface area contributed by atoms with Crippen LogP contribution in [0.1, 0.15) is 24.0 Å². The van der Waals surface area contributed by atoms with Crippen LogP contribution >= 0.6 is 0 Å². The molecule has 3 fully saturated rings. The summed E-state index contributed by atoms with van der Waals surface area (Å²) in [4.78, 5) is 36.5. The Labute approximate surface area is 201 Å². The molecule has 2 aromatic rings. The lowest BCUT2D eigenvalue weighted by Gasteiger charge is -2.18. The Morgan fingerprint density at radius 3 is 2.29 bits per heavy atom. The van der Waals surface area contributed by atoms with E-state index in [1.165, 1.54) is 25.5 Å². The summed E-state index contributed by atoms with van der Waals surface area (Å²) >= 11 is 0. The van der Waals surface area contributed by atoms with Gasteiger partial charge in [-0.2, -0.15) is 10.1 Å². The number of benzene rings is 2. The SMILES string of the molecule is COc1cc(/C=N\N2C(=O)[C@@H]3[C@@H](C2=O)[C@@H]2C=C[C@H]3C23CC3)ccc1OCc1ccc([N+](=O)[O-])cc1. The third kappa shape index (κ3) is 3.25. The maximum atomic E-state index is 13.1. The summed E-state index contributed by atoms with van der Waals surface area (Å²) in [6.07, 6.45) is 7.96. The molecular formula is C26H23N3O6. The number of amides is 2. The van der Waals surface area contributed by atoms with Crippen molar-refractivity contribution in [2.75, 3.05) is 7.11 Å². The van der Waals surface area contributed by atoms with Crippen molar-refractivity contribution in [3.05, 3.63) is 75.9 Å². The van der Waals surface area contributed by atoms with Gasteiger partial charge in [0.25, 0.3) is 17.5 Å². The van der Waals surface area contributed by atoms with E-state index in [2.05, 4.69) is 17.3 Å². The third-order valence-corrected chi connectivity index (χ3v) is 7.88. The molecule has 1 spiro atoms. The lowest BCUT2D eigenvalue weighted by molar-refractivity contribution is -0.384. The summed E-state index contributed by atoms with van der Waals surface area (Å²) in [5, 5.41) is 16.1. The monoisotopic (exact) mass is 473 g/mol. The minimum absolute atomic E-state index is 0.0181. The van der Waals surface area contributed by atoms with Crippen molar-refractivity contribution in [1.82, 2.24) is 5.01 Å². The fourth-order valence-corrected chi connectivity index (χ4v) is 6.06. The molecule has 1 aliphatic heterocycles. The van der Waals surface area contributed by atoms with Gasteiger partial charge in [-0.15, -0.1) is 0 Å². The smallest absolute Gasteiger partial charge is 0.269 e. The molecule has 1 saturated heterocycles. The van der Waals surface area contributed by atoms with Crippen LogP contribution < -0.4 is 9.47 Å². The number of nitrogens with zero attached hydrogens (tertiary/aromatic N) is 3. The second-order valence-electron chi connectivity index (χ2n) is 9.58. The number of allylic oxidation sites excluding steroid dienone is 2. The molecular weight excluding hydrogens is 450 g/mol. The second kappa shape index (κ2) is 7.76. The Bertz CT molecular complexity index is 1260. The van der Waals surface area contributed by atoms with Crippen molar-refractivity contribution in [2.45, 2.75) is 19.4 Å². The summed E-state index contributed by atoms with van der Waals surface area (Å²) in [6, 6.07) is 11.3. The average Bonchev–Trinajstić information content (AvgIpc) is 3.47. The molecule has 2 amide bonds. The van der Waals surface area contributed by atoms with Gasteiger partial charge in [-0.1, -0.05) is 12.2 Å². The fraction of sp³-hybridized carbons (Fsp3) is 0.346. The zero-order valence-corrected chi connectivity index (χ0v) is 19.0. The standard InChI is InChI=1S/C26H23N3O6/c1-34-21-12-16(4-9-20(21)35-14-15-2-5-17(6-3-15)29(32)33)13-27-28-24(30)22-18-7-8-19(23(22)25(28)31)26(18)10-11-26/h2-9,12-13,18-19,22-23H,10-11,14H2,1H3/b27-13-/t18-,19+,22-,23-/m0/s1. The number of hydrogen-bond donors (Lipinski definition) is 0. The number of imide groups is 1. The van der Waals surface area contributed by atoms with E-state index < -0.39 is 4.92 Å². The molecule has 0 aromatic heterocycles. The molecule has 9 nitrogen and oxygen atoms in total. The van der Waals surface area contributed by atoms with Crippen molar-refractivity contribution in [2.24, 2.45) is 34.2 Å². The first kappa shape index (κ1) is 21.5. The van der Waals surface area contributed by atoms with Crippen molar-refractivity contribution < 1.29 is 24.0 Å². The highest BCUT2D eigenvalue weighted by molar-refractivity contribution is 6.07. The molecule has 2 saturated carbocycles. The number of nitro benzene ring substituents is 1. The van der Waals surface area contributed by atoms with Crippen LogP contribution in [0.5, 0.6) is 11.5 Å². The molecule has 35 heavy (non-hydrogen) atoms. The number of carbonyl (C=O) groups excluding carboxylic acids is 2. The highest BCUT2D eigenvalue weighted by Gasteiger charge is 2.73. The van der Waals surface area contributed by atoms with Gasteiger partial charge in [0.2, 0.25) is 0 Å². The number of methoxy groups -OCH3 is 1. The maximum Gasteiger partial charge on any atom is 0.269 e. The highest BCUT2D eigenvalue weighted by Crippen LogP contribution is 2.73. The summed E-state index contributed by atoms with van der Waals surface area (Å²) in [5.74, 6) is 0.336. The Hall–Kier alpha value is -4.01. The molecule has 3 aliphatic carbocycles. The molecule has 2 aromatic carbocycles. The Kier molecular flexibility index (Phi) is 4.77. The molecule has 0 unspecified atom stereocenters. The highest BCUT2D eigenvalue weighted by atomic mass is 16.6. The van der Waals surface area contributed by atoms with E-state index in [0.29, 0.717) is 17.1 Å². The molecule has 4 atom stereocenters. The van der Waals surface area contributed by atoms with Crippen LogP contribution in [0.15, 0.2) is 59.7 Å². The van der Waals surface area contributed by atoms with Gasteiger partial charge < -0.3 is 9.47 Å².